The highest BCUT2D eigenvalue weighted by molar-refractivity contribution is 7.89. The Hall–Kier alpha value is -3.47. The Kier molecular flexibility index (Phi) is 7.64. The van der Waals surface area contributed by atoms with Crippen molar-refractivity contribution in [2.24, 2.45) is 0 Å². The third kappa shape index (κ3) is 5.67. The molecule has 198 valence electrons. The molecular formula is C28H27FN2O5S2. The number of ether oxygens (including phenoxy) is 1. The molecule has 10 heteroatoms. The number of hydrogen-bond acceptors (Lipinski definition) is 6. The summed E-state index contributed by atoms with van der Waals surface area (Å²) in [7, 11) is -4.00. The van der Waals surface area contributed by atoms with Crippen LogP contribution in [0.2, 0.25) is 0 Å². The predicted octanol–water partition coefficient (Wildman–Crippen LogP) is 5.18. The molecule has 38 heavy (non-hydrogen) atoms. The van der Waals surface area contributed by atoms with Crippen molar-refractivity contribution in [1.82, 2.24) is 9.21 Å². The van der Waals surface area contributed by atoms with Crippen LogP contribution in [0.3, 0.4) is 0 Å². The molecule has 0 radical (unpaired) electrons. The van der Waals surface area contributed by atoms with E-state index in [-0.39, 0.29) is 30.5 Å². The van der Waals surface area contributed by atoms with Crippen molar-refractivity contribution < 1.29 is 26.8 Å². The largest absolute Gasteiger partial charge is 0.491 e. The van der Waals surface area contributed by atoms with Crippen LogP contribution in [0.5, 0.6) is 5.75 Å². The maximum Gasteiger partial charge on any atom is 0.243 e. The minimum absolute atomic E-state index is 0.0864. The Morgan fingerprint density at radius 3 is 2.71 bits per heavy atom. The van der Waals surface area contributed by atoms with Crippen molar-refractivity contribution >= 4 is 27.3 Å². The first-order chi connectivity index (χ1) is 18.3. The highest BCUT2D eigenvalue weighted by Crippen LogP contribution is 2.34. The van der Waals surface area contributed by atoms with Gasteiger partial charge in [-0.25, -0.2) is 12.8 Å². The van der Waals surface area contributed by atoms with Crippen LogP contribution >= 0.6 is 11.3 Å². The van der Waals surface area contributed by atoms with Crippen molar-refractivity contribution in [3.63, 3.8) is 0 Å². The van der Waals surface area contributed by atoms with Crippen LogP contribution in [-0.4, -0.2) is 43.2 Å². The highest BCUT2D eigenvalue weighted by Gasteiger charge is 2.35. The number of carbonyl (C=O) groups is 1. The molecule has 4 aromatic rings. The maximum atomic E-state index is 13.8. The summed E-state index contributed by atoms with van der Waals surface area (Å²) in [5.74, 6) is 0.0292. The monoisotopic (exact) mass is 554 g/mol. The molecule has 0 saturated heterocycles. The van der Waals surface area contributed by atoms with E-state index in [1.807, 2.05) is 18.4 Å². The molecule has 7 nitrogen and oxygen atoms in total. The first-order valence-corrected chi connectivity index (χ1v) is 14.5. The first-order valence-electron chi connectivity index (χ1n) is 12.1. The van der Waals surface area contributed by atoms with Gasteiger partial charge in [-0.3, -0.25) is 4.79 Å². The fourth-order valence-corrected chi connectivity index (χ4v) is 6.79. The van der Waals surface area contributed by atoms with Crippen LogP contribution in [0.25, 0.3) is 0 Å². The van der Waals surface area contributed by atoms with Gasteiger partial charge in [0.05, 0.1) is 30.3 Å². The van der Waals surface area contributed by atoms with Gasteiger partial charge in [-0.1, -0.05) is 23.8 Å². The number of hydrogen-bond donors (Lipinski definition) is 0. The second-order valence-electron chi connectivity index (χ2n) is 9.09. The van der Waals surface area contributed by atoms with E-state index < -0.39 is 21.9 Å². The van der Waals surface area contributed by atoms with Crippen LogP contribution in [-0.2, 0) is 27.8 Å². The van der Waals surface area contributed by atoms with Gasteiger partial charge >= 0.3 is 0 Å². The molecule has 0 spiro atoms. The number of thiophene rings is 1. The number of rotatable bonds is 9. The van der Waals surface area contributed by atoms with Gasteiger partial charge in [0, 0.05) is 17.5 Å². The zero-order valence-corrected chi connectivity index (χ0v) is 22.4. The second-order valence-corrected chi connectivity index (χ2v) is 12.0. The molecule has 1 unspecified atom stereocenters. The van der Waals surface area contributed by atoms with Crippen LogP contribution in [0, 0.1) is 12.7 Å². The molecule has 2 aromatic heterocycles. The zero-order valence-electron chi connectivity index (χ0n) is 20.7. The van der Waals surface area contributed by atoms with Gasteiger partial charge in [-0.15, -0.1) is 11.3 Å². The summed E-state index contributed by atoms with van der Waals surface area (Å²) in [5, 5.41) is 1.97. The van der Waals surface area contributed by atoms with Crippen molar-refractivity contribution in [3.05, 3.63) is 106 Å². The summed E-state index contributed by atoms with van der Waals surface area (Å²) < 4.78 is 53.4. The van der Waals surface area contributed by atoms with Crippen LogP contribution < -0.4 is 4.74 Å². The van der Waals surface area contributed by atoms with Crippen LogP contribution in [0.1, 0.15) is 27.8 Å². The molecule has 0 N–H and O–H groups in total. The third-order valence-corrected chi connectivity index (χ3v) is 9.30. The maximum absolute atomic E-state index is 13.8. The van der Waals surface area contributed by atoms with Gasteiger partial charge in [0.15, 0.2) is 0 Å². The normalized spacial score (nSPS) is 15.4. The molecule has 3 heterocycles. The van der Waals surface area contributed by atoms with E-state index in [4.69, 9.17) is 9.15 Å². The van der Waals surface area contributed by atoms with Crippen LogP contribution in [0.4, 0.5) is 4.39 Å². The SMILES string of the molecule is Cc1ccc(S(=O)(=O)N(CC(=O)N2CCc3sccc3C2COc2cccc(F)c2)Cc2ccco2)cc1. The summed E-state index contributed by atoms with van der Waals surface area (Å²) in [4.78, 5) is 16.7. The minimum Gasteiger partial charge on any atom is -0.491 e. The van der Waals surface area contributed by atoms with Gasteiger partial charge in [0.25, 0.3) is 0 Å². The lowest BCUT2D eigenvalue weighted by atomic mass is 10.0. The number of fused-ring (bicyclic) bond motifs is 1. The molecule has 1 aliphatic rings. The van der Waals surface area contributed by atoms with Crippen molar-refractivity contribution in [2.75, 3.05) is 19.7 Å². The summed E-state index contributed by atoms with van der Waals surface area (Å²) in [6.07, 6.45) is 2.13. The van der Waals surface area contributed by atoms with E-state index >= 15 is 0 Å². The minimum atomic E-state index is -4.00. The molecule has 1 aliphatic heterocycles. The zero-order chi connectivity index (χ0) is 26.7. The molecule has 1 atom stereocenters. The van der Waals surface area contributed by atoms with Gasteiger partial charge < -0.3 is 14.1 Å². The van der Waals surface area contributed by atoms with Gasteiger partial charge in [-0.2, -0.15) is 4.31 Å². The van der Waals surface area contributed by atoms with Crippen molar-refractivity contribution in [2.45, 2.75) is 30.8 Å². The lowest BCUT2D eigenvalue weighted by Gasteiger charge is -2.37. The number of furan rings is 1. The number of halogens is 1. The molecule has 2 aromatic carbocycles. The fourth-order valence-electron chi connectivity index (χ4n) is 4.51. The van der Waals surface area contributed by atoms with Crippen LogP contribution in [0.15, 0.2) is 87.7 Å². The first kappa shape index (κ1) is 26.1. The smallest absolute Gasteiger partial charge is 0.243 e. The second kappa shape index (κ2) is 11.1. The number of aryl methyl sites for hydroxylation is 1. The van der Waals surface area contributed by atoms with Gasteiger partial charge in [0.1, 0.15) is 23.9 Å². The highest BCUT2D eigenvalue weighted by atomic mass is 32.2. The lowest BCUT2D eigenvalue weighted by molar-refractivity contribution is -0.135. The quantitative estimate of drug-likeness (QED) is 0.285. The van der Waals surface area contributed by atoms with Gasteiger partial charge in [-0.05, 0) is 66.8 Å². The number of carbonyl (C=O) groups excluding carboxylic acids is 1. The molecule has 5 rings (SSSR count). The van der Waals surface area contributed by atoms with E-state index in [0.29, 0.717) is 24.5 Å². The van der Waals surface area contributed by atoms with Crippen molar-refractivity contribution in [3.8, 4) is 5.75 Å². The van der Waals surface area contributed by atoms with E-state index in [0.717, 1.165) is 20.3 Å². The van der Waals surface area contributed by atoms with E-state index in [2.05, 4.69) is 0 Å². The Labute approximate surface area is 225 Å². The fraction of sp³-hybridized carbons (Fsp3) is 0.250. The Morgan fingerprint density at radius 1 is 1.16 bits per heavy atom. The Morgan fingerprint density at radius 2 is 1.97 bits per heavy atom. The topological polar surface area (TPSA) is 80.1 Å². The average Bonchev–Trinajstić information content (AvgIpc) is 3.59. The number of nitrogens with zero attached hydrogens (tertiary/aromatic N) is 2. The summed E-state index contributed by atoms with van der Waals surface area (Å²) in [6.45, 7) is 1.95. The number of benzene rings is 2. The molecule has 0 aliphatic carbocycles. The molecule has 0 fully saturated rings. The summed E-state index contributed by atoms with van der Waals surface area (Å²) in [6, 6.07) is 17.3. The Bertz CT molecular complexity index is 1500. The Balaban J connectivity index is 1.41. The van der Waals surface area contributed by atoms with E-state index in [1.165, 1.54) is 18.4 Å². The van der Waals surface area contributed by atoms with E-state index in [9.17, 15) is 17.6 Å². The predicted molar refractivity (Wildman–Crippen MR) is 142 cm³/mol. The van der Waals surface area contributed by atoms with E-state index in [1.54, 1.807) is 64.8 Å². The van der Waals surface area contributed by atoms with Gasteiger partial charge in [0.2, 0.25) is 15.9 Å². The third-order valence-electron chi connectivity index (χ3n) is 6.50. The number of amides is 1. The molecule has 1 amide bonds. The molecular weight excluding hydrogens is 527 g/mol. The lowest BCUT2D eigenvalue weighted by Crippen LogP contribution is -2.47. The standard InChI is InChI=1S/C28H27FN2O5S2/c1-20-7-9-24(10-8-20)38(33,34)30(17-23-6-3-14-35-23)18-28(32)31-13-11-27-25(12-15-37-27)26(31)19-36-22-5-2-4-21(29)16-22/h2-10,12,14-16,26H,11,13,17-19H2,1H3. The molecule has 0 saturated carbocycles. The van der Waals surface area contributed by atoms with Crippen molar-refractivity contribution in [1.29, 1.82) is 0 Å². The molecule has 0 bridgehead atoms. The summed E-state index contributed by atoms with van der Waals surface area (Å²) >= 11 is 1.61. The average molecular weight is 555 g/mol. The number of sulfonamides is 1. The summed E-state index contributed by atoms with van der Waals surface area (Å²) in [5.41, 5.74) is 1.89.